The SMILES string of the molecule is CC(C)(C)OC(=O)C(C)(N)C(=O)Oc1ccc([N+](=O)[O-])cc1. The highest BCUT2D eigenvalue weighted by Gasteiger charge is 2.42. The Bertz CT molecular complexity index is 586. The van der Waals surface area contributed by atoms with Crippen molar-refractivity contribution in [2.24, 2.45) is 5.73 Å². The molecule has 0 bridgehead atoms. The number of rotatable bonds is 4. The fourth-order valence-electron chi connectivity index (χ4n) is 1.32. The molecule has 0 amide bonds. The molecule has 2 N–H and O–H groups in total. The van der Waals surface area contributed by atoms with Crippen LogP contribution in [0.5, 0.6) is 5.75 Å². The molecule has 0 saturated carbocycles. The summed E-state index contributed by atoms with van der Waals surface area (Å²) in [5.41, 5.74) is 2.74. The smallest absolute Gasteiger partial charge is 0.342 e. The van der Waals surface area contributed by atoms with Crippen LogP contribution in [0.3, 0.4) is 0 Å². The molecule has 0 heterocycles. The maximum atomic E-state index is 12.0. The predicted octanol–water partition coefficient (Wildman–Crippen LogP) is 1.56. The molecule has 0 saturated heterocycles. The van der Waals surface area contributed by atoms with Crippen LogP contribution in [0.25, 0.3) is 0 Å². The maximum Gasteiger partial charge on any atom is 0.342 e. The van der Waals surface area contributed by atoms with Gasteiger partial charge in [-0.2, -0.15) is 0 Å². The maximum absolute atomic E-state index is 12.0. The van der Waals surface area contributed by atoms with E-state index in [-0.39, 0.29) is 11.4 Å². The Hall–Kier alpha value is -2.48. The zero-order valence-corrected chi connectivity index (χ0v) is 12.8. The minimum atomic E-state index is -1.99. The highest BCUT2D eigenvalue weighted by Crippen LogP contribution is 2.20. The van der Waals surface area contributed by atoms with Crippen LogP contribution in [-0.4, -0.2) is 28.0 Å². The molecule has 0 spiro atoms. The van der Waals surface area contributed by atoms with Gasteiger partial charge in [-0.05, 0) is 39.8 Å². The summed E-state index contributed by atoms with van der Waals surface area (Å²) >= 11 is 0. The Labute approximate surface area is 127 Å². The Morgan fingerprint density at radius 3 is 2.00 bits per heavy atom. The summed E-state index contributed by atoms with van der Waals surface area (Å²) in [6, 6.07) is 4.82. The van der Waals surface area contributed by atoms with Gasteiger partial charge in [0.15, 0.2) is 0 Å². The van der Waals surface area contributed by atoms with E-state index in [0.29, 0.717) is 0 Å². The Kier molecular flexibility index (Phi) is 4.87. The second kappa shape index (κ2) is 6.10. The van der Waals surface area contributed by atoms with Gasteiger partial charge in [0.1, 0.15) is 11.4 Å². The van der Waals surface area contributed by atoms with Crippen LogP contribution in [0.4, 0.5) is 5.69 Å². The van der Waals surface area contributed by atoms with Crippen molar-refractivity contribution in [1.29, 1.82) is 0 Å². The van der Waals surface area contributed by atoms with E-state index in [4.69, 9.17) is 15.2 Å². The summed E-state index contributed by atoms with van der Waals surface area (Å²) in [6.07, 6.45) is 0. The van der Waals surface area contributed by atoms with E-state index in [1.807, 2.05) is 0 Å². The Morgan fingerprint density at radius 2 is 1.59 bits per heavy atom. The molecule has 8 heteroatoms. The fourth-order valence-corrected chi connectivity index (χ4v) is 1.32. The molecule has 1 atom stereocenters. The molecule has 0 radical (unpaired) electrons. The van der Waals surface area contributed by atoms with Crippen molar-refractivity contribution >= 4 is 17.6 Å². The van der Waals surface area contributed by atoms with E-state index in [1.165, 1.54) is 31.2 Å². The van der Waals surface area contributed by atoms with E-state index in [9.17, 15) is 19.7 Å². The first kappa shape index (κ1) is 17.6. The van der Waals surface area contributed by atoms with Crippen molar-refractivity contribution in [3.8, 4) is 5.75 Å². The van der Waals surface area contributed by atoms with E-state index < -0.39 is 28.0 Å². The van der Waals surface area contributed by atoms with Crippen molar-refractivity contribution in [1.82, 2.24) is 0 Å². The molecule has 0 aliphatic rings. The van der Waals surface area contributed by atoms with Gasteiger partial charge in [-0.25, -0.2) is 9.59 Å². The van der Waals surface area contributed by atoms with E-state index >= 15 is 0 Å². The molecular weight excluding hydrogens is 292 g/mol. The molecule has 0 fully saturated rings. The standard InChI is InChI=1S/C14H18N2O6/c1-13(2,3)22-12(18)14(4,15)11(17)21-10-7-5-9(6-8-10)16(19)20/h5-8H,15H2,1-4H3. The van der Waals surface area contributed by atoms with Crippen molar-refractivity contribution in [3.63, 3.8) is 0 Å². The van der Waals surface area contributed by atoms with E-state index in [2.05, 4.69) is 0 Å². The highest BCUT2D eigenvalue weighted by molar-refractivity contribution is 6.05. The third-order valence-corrected chi connectivity index (χ3v) is 2.51. The van der Waals surface area contributed by atoms with Gasteiger partial charge in [-0.15, -0.1) is 0 Å². The molecule has 120 valence electrons. The quantitative estimate of drug-likeness (QED) is 0.294. The second-order valence-electron chi connectivity index (χ2n) is 5.84. The Morgan fingerprint density at radius 1 is 1.09 bits per heavy atom. The zero-order chi connectivity index (χ0) is 17.1. The van der Waals surface area contributed by atoms with Crippen LogP contribution in [0, 0.1) is 10.1 Å². The number of carbonyl (C=O) groups is 2. The first-order valence-corrected chi connectivity index (χ1v) is 6.42. The van der Waals surface area contributed by atoms with E-state index in [0.717, 1.165) is 0 Å². The van der Waals surface area contributed by atoms with Gasteiger partial charge in [0.25, 0.3) is 5.69 Å². The number of non-ortho nitro benzene ring substituents is 1. The van der Waals surface area contributed by atoms with Crippen LogP contribution in [0.1, 0.15) is 27.7 Å². The lowest BCUT2D eigenvalue weighted by molar-refractivity contribution is -0.384. The van der Waals surface area contributed by atoms with Crippen LogP contribution < -0.4 is 10.5 Å². The lowest BCUT2D eigenvalue weighted by Gasteiger charge is -2.26. The van der Waals surface area contributed by atoms with Gasteiger partial charge in [0.2, 0.25) is 5.54 Å². The summed E-state index contributed by atoms with van der Waals surface area (Å²) in [6.45, 7) is 6.10. The summed E-state index contributed by atoms with van der Waals surface area (Å²) in [5, 5.41) is 10.5. The lowest BCUT2D eigenvalue weighted by atomic mass is 10.0. The minimum Gasteiger partial charge on any atom is -0.458 e. The number of carbonyl (C=O) groups excluding carboxylic acids is 2. The van der Waals surface area contributed by atoms with Gasteiger partial charge in [0, 0.05) is 12.1 Å². The molecule has 1 aromatic rings. The summed E-state index contributed by atoms with van der Waals surface area (Å²) in [4.78, 5) is 33.9. The summed E-state index contributed by atoms with van der Waals surface area (Å²) in [5.74, 6) is -1.90. The third-order valence-electron chi connectivity index (χ3n) is 2.51. The number of hydrogen-bond donors (Lipinski definition) is 1. The molecule has 1 aromatic carbocycles. The molecule has 8 nitrogen and oxygen atoms in total. The van der Waals surface area contributed by atoms with Crippen molar-refractivity contribution < 1.29 is 24.0 Å². The predicted molar refractivity (Wildman–Crippen MR) is 77.2 cm³/mol. The molecule has 1 unspecified atom stereocenters. The van der Waals surface area contributed by atoms with Crippen molar-refractivity contribution in [2.45, 2.75) is 38.8 Å². The van der Waals surface area contributed by atoms with E-state index in [1.54, 1.807) is 20.8 Å². The number of nitro benzene ring substituents is 1. The first-order valence-electron chi connectivity index (χ1n) is 6.42. The monoisotopic (exact) mass is 310 g/mol. The normalized spacial score (nSPS) is 13.9. The Balaban J connectivity index is 2.82. The average Bonchev–Trinajstić information content (AvgIpc) is 2.37. The van der Waals surface area contributed by atoms with Crippen LogP contribution >= 0.6 is 0 Å². The molecule has 0 aromatic heterocycles. The number of esters is 2. The first-order chi connectivity index (χ1) is 9.93. The van der Waals surface area contributed by atoms with Gasteiger partial charge in [-0.3, -0.25) is 10.1 Å². The van der Waals surface area contributed by atoms with Gasteiger partial charge in [0.05, 0.1) is 4.92 Å². The van der Waals surface area contributed by atoms with Gasteiger partial charge in [-0.1, -0.05) is 0 Å². The summed E-state index contributed by atoms with van der Waals surface area (Å²) in [7, 11) is 0. The van der Waals surface area contributed by atoms with Crippen molar-refractivity contribution in [3.05, 3.63) is 34.4 Å². The molecule has 0 aliphatic heterocycles. The van der Waals surface area contributed by atoms with Gasteiger partial charge >= 0.3 is 11.9 Å². The zero-order valence-electron chi connectivity index (χ0n) is 12.8. The number of nitro groups is 1. The largest absolute Gasteiger partial charge is 0.458 e. The second-order valence-corrected chi connectivity index (χ2v) is 5.84. The minimum absolute atomic E-state index is 0.0378. The van der Waals surface area contributed by atoms with Crippen LogP contribution in [0.15, 0.2) is 24.3 Å². The van der Waals surface area contributed by atoms with Crippen LogP contribution in [-0.2, 0) is 14.3 Å². The topological polar surface area (TPSA) is 122 Å². The number of hydrogen-bond acceptors (Lipinski definition) is 7. The molecule has 1 rings (SSSR count). The highest BCUT2D eigenvalue weighted by atomic mass is 16.6. The number of nitrogens with zero attached hydrogens (tertiary/aromatic N) is 1. The summed E-state index contributed by atoms with van der Waals surface area (Å²) < 4.78 is 10.0. The average molecular weight is 310 g/mol. The molecular formula is C14H18N2O6. The number of nitrogens with two attached hydrogens (primary N) is 1. The van der Waals surface area contributed by atoms with Gasteiger partial charge < -0.3 is 15.2 Å². The lowest BCUT2D eigenvalue weighted by Crippen LogP contribution is -2.56. The molecule has 22 heavy (non-hydrogen) atoms. The van der Waals surface area contributed by atoms with Crippen LogP contribution in [0.2, 0.25) is 0 Å². The number of ether oxygens (including phenoxy) is 2. The molecule has 0 aliphatic carbocycles. The fraction of sp³-hybridized carbons (Fsp3) is 0.429. The van der Waals surface area contributed by atoms with Crippen molar-refractivity contribution in [2.75, 3.05) is 0 Å². The third kappa shape index (κ3) is 4.52. The number of benzene rings is 1.